The molecule has 0 bridgehead atoms. The first-order valence-electron chi connectivity index (χ1n) is 5.04. The summed E-state index contributed by atoms with van der Waals surface area (Å²) in [4.78, 5) is 11.6. The van der Waals surface area contributed by atoms with Crippen LogP contribution in [0.25, 0.3) is 0 Å². The van der Waals surface area contributed by atoms with E-state index in [4.69, 9.17) is 11.3 Å². The molecule has 0 saturated heterocycles. The Balaban J connectivity index is 4.25. The lowest BCUT2D eigenvalue weighted by atomic mass is 9.97. The second-order valence-corrected chi connectivity index (χ2v) is 4.96. The highest BCUT2D eigenvalue weighted by molar-refractivity contribution is 5.74. The quantitative estimate of drug-likeness (QED) is 0.648. The van der Waals surface area contributed by atoms with E-state index in [0.29, 0.717) is 5.92 Å². The molecule has 1 unspecified atom stereocenters. The number of esters is 1. The highest BCUT2D eigenvalue weighted by Gasteiger charge is 2.23. The number of carbonyl (C=O) groups excluding carboxylic acids is 1. The van der Waals surface area contributed by atoms with Gasteiger partial charge in [-0.3, -0.25) is 4.79 Å². The molecule has 0 aliphatic carbocycles. The molecule has 0 rings (SSSR count). The van der Waals surface area contributed by atoms with Gasteiger partial charge < -0.3 is 4.74 Å². The van der Waals surface area contributed by atoms with Gasteiger partial charge in [0.1, 0.15) is 5.60 Å². The lowest BCUT2D eigenvalue weighted by Gasteiger charge is -2.23. The maximum atomic E-state index is 11.6. The average Bonchev–Trinajstić information content (AvgIpc) is 1.96. The van der Waals surface area contributed by atoms with Crippen LogP contribution < -0.4 is 0 Å². The van der Waals surface area contributed by atoms with E-state index in [9.17, 15) is 4.79 Å². The first kappa shape index (κ1) is 13.2. The van der Waals surface area contributed by atoms with Crippen LogP contribution in [-0.4, -0.2) is 11.6 Å². The van der Waals surface area contributed by atoms with Crippen LogP contribution in [0.2, 0.25) is 0 Å². The van der Waals surface area contributed by atoms with Gasteiger partial charge >= 0.3 is 5.97 Å². The Morgan fingerprint density at radius 1 is 1.43 bits per heavy atom. The predicted octanol–water partition coefficient (Wildman–Crippen LogP) is 2.98. The van der Waals surface area contributed by atoms with Crippen LogP contribution in [0.5, 0.6) is 0 Å². The van der Waals surface area contributed by atoms with Crippen molar-refractivity contribution in [3.05, 3.63) is 12.7 Å². The molecule has 0 aromatic carbocycles. The fraction of sp³-hybridized carbons (Fsp3) is 0.750. The van der Waals surface area contributed by atoms with Gasteiger partial charge in [-0.1, -0.05) is 26.5 Å². The van der Waals surface area contributed by atoms with Crippen LogP contribution in [0.1, 0.15) is 41.0 Å². The van der Waals surface area contributed by atoms with E-state index in [1.807, 2.05) is 20.8 Å². The molecule has 0 aliphatic heterocycles. The molecule has 1 atom stereocenters. The van der Waals surface area contributed by atoms with Crippen molar-refractivity contribution in [3.8, 4) is 0 Å². The molecule has 0 amide bonds. The Morgan fingerprint density at radius 2 is 1.93 bits per heavy atom. The van der Waals surface area contributed by atoms with E-state index in [2.05, 4.69) is 13.8 Å². The first-order chi connectivity index (χ1) is 6.26. The predicted molar refractivity (Wildman–Crippen MR) is 57.7 cm³/mol. The molecule has 0 heterocycles. The molecule has 0 aliphatic rings. The van der Waals surface area contributed by atoms with Crippen molar-refractivity contribution in [2.75, 3.05) is 0 Å². The topological polar surface area (TPSA) is 26.3 Å². The zero-order valence-electron chi connectivity index (χ0n) is 9.83. The molecule has 0 spiro atoms. The van der Waals surface area contributed by atoms with E-state index in [0.717, 1.165) is 6.42 Å². The number of hydrogen-bond acceptors (Lipinski definition) is 2. The second kappa shape index (κ2) is 5.18. The van der Waals surface area contributed by atoms with Gasteiger partial charge in [-0.25, -0.2) is 0 Å². The van der Waals surface area contributed by atoms with Crippen molar-refractivity contribution in [2.24, 2.45) is 11.8 Å². The van der Waals surface area contributed by atoms with Crippen molar-refractivity contribution < 1.29 is 9.53 Å². The van der Waals surface area contributed by atoms with Gasteiger partial charge in [0.15, 0.2) is 0 Å². The van der Waals surface area contributed by atoms with E-state index in [1.165, 1.54) is 6.08 Å². The van der Waals surface area contributed by atoms with Gasteiger partial charge in [0.2, 0.25) is 0 Å². The van der Waals surface area contributed by atoms with Gasteiger partial charge in [0.25, 0.3) is 0 Å². The van der Waals surface area contributed by atoms with Gasteiger partial charge in [0, 0.05) is 0 Å². The standard InChI is InChI=1S/C12H21O2/c1-7-10(8-9(2)3)11(13)14-12(4,5)6/h1,7,9-10H,8H2,2-6H3. The Kier molecular flexibility index (Phi) is 4.89. The Hall–Kier alpha value is -0.790. The van der Waals surface area contributed by atoms with Crippen molar-refractivity contribution >= 4 is 5.97 Å². The highest BCUT2D eigenvalue weighted by atomic mass is 16.6. The molecule has 1 radical (unpaired) electrons. The first-order valence-corrected chi connectivity index (χ1v) is 5.04. The summed E-state index contributed by atoms with van der Waals surface area (Å²) >= 11 is 0. The maximum Gasteiger partial charge on any atom is 0.313 e. The normalized spacial score (nSPS) is 13.9. The van der Waals surface area contributed by atoms with E-state index >= 15 is 0 Å². The SMILES string of the molecule is [CH]=CC(CC(C)C)C(=O)OC(C)(C)C. The monoisotopic (exact) mass is 197 g/mol. The third-order valence-electron chi connectivity index (χ3n) is 1.67. The molecule has 0 aromatic heterocycles. The lowest BCUT2D eigenvalue weighted by Crippen LogP contribution is -2.28. The molecule has 0 aromatic rings. The second-order valence-electron chi connectivity index (χ2n) is 4.96. The molecule has 81 valence electrons. The summed E-state index contributed by atoms with van der Waals surface area (Å²) in [5, 5.41) is 0. The summed E-state index contributed by atoms with van der Waals surface area (Å²) in [7, 11) is 0. The third kappa shape index (κ3) is 5.79. The molecule has 14 heavy (non-hydrogen) atoms. The fourth-order valence-electron chi connectivity index (χ4n) is 1.14. The van der Waals surface area contributed by atoms with Crippen molar-refractivity contribution in [2.45, 2.75) is 46.6 Å². The minimum absolute atomic E-state index is 0.228. The molecule has 2 heteroatoms. The highest BCUT2D eigenvalue weighted by Crippen LogP contribution is 2.18. The maximum absolute atomic E-state index is 11.6. The summed E-state index contributed by atoms with van der Waals surface area (Å²) in [6.45, 7) is 15.1. The minimum atomic E-state index is -0.435. The molecule has 0 N–H and O–H groups in total. The van der Waals surface area contributed by atoms with Crippen LogP contribution >= 0.6 is 0 Å². The molecule has 2 nitrogen and oxygen atoms in total. The Morgan fingerprint density at radius 3 is 2.21 bits per heavy atom. The number of ether oxygens (including phenoxy) is 1. The largest absolute Gasteiger partial charge is 0.460 e. The zero-order valence-corrected chi connectivity index (χ0v) is 9.83. The lowest BCUT2D eigenvalue weighted by molar-refractivity contribution is -0.158. The van der Waals surface area contributed by atoms with Gasteiger partial charge in [-0.2, -0.15) is 0 Å². The van der Waals surface area contributed by atoms with Crippen LogP contribution in [0.4, 0.5) is 0 Å². The summed E-state index contributed by atoms with van der Waals surface area (Å²) in [6.07, 6.45) is 2.17. The van der Waals surface area contributed by atoms with E-state index in [1.54, 1.807) is 0 Å². The third-order valence-corrected chi connectivity index (χ3v) is 1.67. The number of hydrogen-bond donors (Lipinski definition) is 0. The van der Waals surface area contributed by atoms with E-state index < -0.39 is 5.60 Å². The van der Waals surface area contributed by atoms with Gasteiger partial charge in [0.05, 0.1) is 5.92 Å². The van der Waals surface area contributed by atoms with Crippen molar-refractivity contribution in [1.29, 1.82) is 0 Å². The smallest absolute Gasteiger partial charge is 0.313 e. The fourth-order valence-corrected chi connectivity index (χ4v) is 1.14. The van der Waals surface area contributed by atoms with Gasteiger partial charge in [-0.15, -0.1) is 0 Å². The molecule has 0 saturated carbocycles. The van der Waals surface area contributed by atoms with Crippen molar-refractivity contribution in [1.82, 2.24) is 0 Å². The van der Waals surface area contributed by atoms with Crippen LogP contribution in [0.15, 0.2) is 6.08 Å². The van der Waals surface area contributed by atoms with Crippen molar-refractivity contribution in [3.63, 3.8) is 0 Å². The summed E-state index contributed by atoms with van der Waals surface area (Å²) in [6, 6.07) is 0. The van der Waals surface area contributed by atoms with Crippen LogP contribution in [0, 0.1) is 18.4 Å². The molecular weight excluding hydrogens is 176 g/mol. The minimum Gasteiger partial charge on any atom is -0.460 e. The Bertz CT molecular complexity index is 199. The van der Waals surface area contributed by atoms with E-state index in [-0.39, 0.29) is 11.9 Å². The number of rotatable bonds is 4. The summed E-state index contributed by atoms with van der Waals surface area (Å²) in [5.74, 6) is -0.0738. The molecule has 0 fully saturated rings. The average molecular weight is 197 g/mol. The zero-order chi connectivity index (χ0) is 11.4. The van der Waals surface area contributed by atoms with Crippen LogP contribution in [-0.2, 0) is 9.53 Å². The van der Waals surface area contributed by atoms with Crippen LogP contribution in [0.3, 0.4) is 0 Å². The molecular formula is C12H21O2. The van der Waals surface area contributed by atoms with Gasteiger partial charge in [-0.05, 0) is 33.1 Å². The Labute approximate surface area is 87.3 Å². The number of carbonyl (C=O) groups is 1. The summed E-state index contributed by atoms with van der Waals surface area (Å²) in [5.41, 5.74) is -0.435. The summed E-state index contributed by atoms with van der Waals surface area (Å²) < 4.78 is 5.24.